The van der Waals surface area contributed by atoms with Crippen molar-refractivity contribution in [3.05, 3.63) is 0 Å². The zero-order chi connectivity index (χ0) is 11.5. The van der Waals surface area contributed by atoms with E-state index in [1.54, 1.807) is 6.92 Å². The summed E-state index contributed by atoms with van der Waals surface area (Å²) in [5.74, 6) is -1.31. The molecule has 1 aliphatic carbocycles. The van der Waals surface area contributed by atoms with E-state index in [0.717, 1.165) is 12.8 Å². The molecule has 5 heteroatoms. The van der Waals surface area contributed by atoms with Crippen LogP contribution in [0.3, 0.4) is 0 Å². The second-order valence-electron chi connectivity index (χ2n) is 4.10. The van der Waals surface area contributed by atoms with Crippen molar-refractivity contribution in [2.75, 3.05) is 0 Å². The summed E-state index contributed by atoms with van der Waals surface area (Å²) >= 11 is 0. The first kappa shape index (κ1) is 12.0. The van der Waals surface area contributed by atoms with Gasteiger partial charge in [0.05, 0.1) is 6.04 Å². The normalized spacial score (nSPS) is 20.9. The molecule has 1 atom stereocenters. The third kappa shape index (κ3) is 2.47. The molecule has 0 aliphatic heterocycles. The maximum atomic E-state index is 11.5. The molecule has 86 valence electrons. The van der Waals surface area contributed by atoms with E-state index in [4.69, 9.17) is 10.8 Å². The lowest BCUT2D eigenvalue weighted by molar-refractivity contribution is -0.147. The van der Waals surface area contributed by atoms with E-state index in [9.17, 15) is 9.59 Å². The Kier molecular flexibility index (Phi) is 3.68. The number of carbonyl (C=O) groups is 2. The lowest BCUT2D eigenvalue weighted by Crippen LogP contribution is -2.56. The lowest BCUT2D eigenvalue weighted by atomic mass is 9.97. The number of rotatable bonds is 4. The minimum absolute atomic E-state index is 0.359. The molecule has 1 rings (SSSR count). The molecule has 1 unspecified atom stereocenters. The van der Waals surface area contributed by atoms with Crippen LogP contribution < -0.4 is 11.1 Å². The van der Waals surface area contributed by atoms with Crippen LogP contribution in [0.25, 0.3) is 0 Å². The van der Waals surface area contributed by atoms with Gasteiger partial charge in [0.25, 0.3) is 0 Å². The largest absolute Gasteiger partial charge is 0.480 e. The summed E-state index contributed by atoms with van der Waals surface area (Å²) in [5, 5.41) is 11.7. The number of nitrogens with one attached hydrogen (secondary N) is 1. The quantitative estimate of drug-likeness (QED) is 0.625. The summed E-state index contributed by atoms with van der Waals surface area (Å²) in [4.78, 5) is 22.7. The van der Waals surface area contributed by atoms with Gasteiger partial charge in [-0.25, -0.2) is 4.79 Å². The van der Waals surface area contributed by atoms with Gasteiger partial charge in [0, 0.05) is 0 Å². The Morgan fingerprint density at radius 1 is 1.47 bits per heavy atom. The molecule has 5 nitrogen and oxygen atoms in total. The number of carbonyl (C=O) groups excluding carboxylic acids is 1. The monoisotopic (exact) mass is 214 g/mol. The Morgan fingerprint density at radius 3 is 2.40 bits per heavy atom. The molecule has 0 spiro atoms. The van der Waals surface area contributed by atoms with Gasteiger partial charge < -0.3 is 16.2 Å². The Labute approximate surface area is 89.0 Å². The van der Waals surface area contributed by atoms with Gasteiger partial charge in [-0.2, -0.15) is 0 Å². The summed E-state index contributed by atoms with van der Waals surface area (Å²) in [7, 11) is 0. The van der Waals surface area contributed by atoms with Crippen molar-refractivity contribution >= 4 is 11.9 Å². The number of hydrogen-bond donors (Lipinski definition) is 3. The molecular formula is C10H18N2O3. The first-order chi connectivity index (χ1) is 7.02. The highest BCUT2D eigenvalue weighted by Crippen LogP contribution is 2.29. The maximum absolute atomic E-state index is 11.5. The van der Waals surface area contributed by atoms with E-state index in [2.05, 4.69) is 5.32 Å². The van der Waals surface area contributed by atoms with Gasteiger partial charge in [0.1, 0.15) is 5.54 Å². The Hall–Kier alpha value is -1.10. The molecule has 0 radical (unpaired) electrons. The molecule has 0 aromatic carbocycles. The molecule has 1 saturated carbocycles. The van der Waals surface area contributed by atoms with Crippen LogP contribution in [0, 0.1) is 0 Å². The van der Waals surface area contributed by atoms with Gasteiger partial charge in [-0.05, 0) is 19.3 Å². The summed E-state index contributed by atoms with van der Waals surface area (Å²) < 4.78 is 0. The lowest BCUT2D eigenvalue weighted by Gasteiger charge is -2.26. The zero-order valence-corrected chi connectivity index (χ0v) is 8.95. The Balaban J connectivity index is 2.67. The van der Waals surface area contributed by atoms with E-state index < -0.39 is 17.6 Å². The standard InChI is InChI=1S/C10H18N2O3/c1-2-7(11)8(13)12-10(9(14)15)5-3-4-6-10/h7H,2-6,11H2,1H3,(H,12,13)(H,14,15). The molecule has 1 fully saturated rings. The fourth-order valence-electron chi connectivity index (χ4n) is 1.88. The highest BCUT2D eigenvalue weighted by atomic mass is 16.4. The van der Waals surface area contributed by atoms with Crippen LogP contribution >= 0.6 is 0 Å². The number of carboxylic acid groups (broad SMARTS) is 1. The predicted molar refractivity (Wildman–Crippen MR) is 55.2 cm³/mol. The first-order valence-electron chi connectivity index (χ1n) is 5.33. The minimum atomic E-state index is -1.07. The Bertz CT molecular complexity index is 259. The average Bonchev–Trinajstić information content (AvgIpc) is 2.66. The highest BCUT2D eigenvalue weighted by molar-refractivity contribution is 5.89. The average molecular weight is 214 g/mol. The van der Waals surface area contributed by atoms with Crippen LogP contribution in [0.1, 0.15) is 39.0 Å². The fraction of sp³-hybridized carbons (Fsp3) is 0.800. The molecular weight excluding hydrogens is 196 g/mol. The summed E-state index contributed by atoms with van der Waals surface area (Å²) in [6, 6.07) is -0.609. The van der Waals surface area contributed by atoms with Crippen LogP contribution in [-0.4, -0.2) is 28.6 Å². The van der Waals surface area contributed by atoms with Gasteiger partial charge in [-0.1, -0.05) is 19.8 Å². The van der Waals surface area contributed by atoms with E-state index >= 15 is 0 Å². The zero-order valence-electron chi connectivity index (χ0n) is 8.95. The summed E-state index contributed by atoms with van der Waals surface area (Å²) in [5.41, 5.74) is 4.48. The first-order valence-corrected chi connectivity index (χ1v) is 5.33. The van der Waals surface area contributed by atoms with Crippen LogP contribution in [0.2, 0.25) is 0 Å². The minimum Gasteiger partial charge on any atom is -0.480 e. The van der Waals surface area contributed by atoms with Crippen molar-refractivity contribution in [2.45, 2.75) is 50.6 Å². The molecule has 0 saturated heterocycles. The van der Waals surface area contributed by atoms with Crippen molar-refractivity contribution < 1.29 is 14.7 Å². The SMILES string of the molecule is CCC(N)C(=O)NC1(C(=O)O)CCCC1. The molecule has 0 heterocycles. The van der Waals surface area contributed by atoms with Crippen molar-refractivity contribution in [2.24, 2.45) is 5.73 Å². The Morgan fingerprint density at radius 2 is 2.00 bits per heavy atom. The van der Waals surface area contributed by atoms with Crippen molar-refractivity contribution in [1.29, 1.82) is 0 Å². The molecule has 0 aromatic rings. The molecule has 15 heavy (non-hydrogen) atoms. The summed E-state index contributed by atoms with van der Waals surface area (Å²) in [6.45, 7) is 1.80. The second kappa shape index (κ2) is 4.61. The van der Waals surface area contributed by atoms with Crippen LogP contribution in [0.5, 0.6) is 0 Å². The van der Waals surface area contributed by atoms with Gasteiger partial charge in [0.2, 0.25) is 5.91 Å². The van der Waals surface area contributed by atoms with Crippen molar-refractivity contribution in [3.63, 3.8) is 0 Å². The van der Waals surface area contributed by atoms with Gasteiger partial charge in [-0.15, -0.1) is 0 Å². The van der Waals surface area contributed by atoms with E-state index in [1.165, 1.54) is 0 Å². The molecule has 0 aromatic heterocycles. The number of nitrogens with two attached hydrogens (primary N) is 1. The number of carboxylic acids is 1. The molecule has 4 N–H and O–H groups in total. The maximum Gasteiger partial charge on any atom is 0.329 e. The molecule has 1 amide bonds. The van der Waals surface area contributed by atoms with Crippen LogP contribution in [0.4, 0.5) is 0 Å². The third-order valence-corrected chi connectivity index (χ3v) is 3.01. The predicted octanol–water partition coefficient (Wildman–Crippen LogP) is 0.237. The highest BCUT2D eigenvalue weighted by Gasteiger charge is 2.43. The van der Waals surface area contributed by atoms with Gasteiger partial charge in [-0.3, -0.25) is 4.79 Å². The van der Waals surface area contributed by atoms with E-state index in [0.29, 0.717) is 19.3 Å². The fourth-order valence-corrected chi connectivity index (χ4v) is 1.88. The number of amides is 1. The van der Waals surface area contributed by atoms with Gasteiger partial charge >= 0.3 is 5.97 Å². The number of aliphatic carboxylic acids is 1. The topological polar surface area (TPSA) is 92.4 Å². The van der Waals surface area contributed by atoms with Crippen LogP contribution in [-0.2, 0) is 9.59 Å². The van der Waals surface area contributed by atoms with E-state index in [-0.39, 0.29) is 5.91 Å². The summed E-state index contributed by atoms with van der Waals surface area (Å²) in [6.07, 6.45) is 3.21. The second-order valence-corrected chi connectivity index (χ2v) is 4.10. The van der Waals surface area contributed by atoms with Crippen molar-refractivity contribution in [1.82, 2.24) is 5.32 Å². The van der Waals surface area contributed by atoms with Crippen molar-refractivity contribution in [3.8, 4) is 0 Å². The third-order valence-electron chi connectivity index (χ3n) is 3.01. The molecule has 1 aliphatic rings. The van der Waals surface area contributed by atoms with E-state index in [1.807, 2.05) is 0 Å². The van der Waals surface area contributed by atoms with Gasteiger partial charge in [0.15, 0.2) is 0 Å². The van der Waals surface area contributed by atoms with Crippen LogP contribution in [0.15, 0.2) is 0 Å². The smallest absolute Gasteiger partial charge is 0.329 e. The number of hydrogen-bond acceptors (Lipinski definition) is 3. The molecule has 0 bridgehead atoms.